The van der Waals surface area contributed by atoms with Crippen LogP contribution >= 0.6 is 11.8 Å². The Hall–Kier alpha value is 0.100. The number of rotatable bonds is 5. The molecule has 1 aliphatic carbocycles. The van der Waals surface area contributed by atoms with Crippen LogP contribution in [0.15, 0.2) is 0 Å². The third kappa shape index (κ3) is 5.99. The monoisotopic (exact) mass is 255 g/mol. The van der Waals surface area contributed by atoms with E-state index in [0.29, 0.717) is 6.42 Å². The van der Waals surface area contributed by atoms with Gasteiger partial charge in [0, 0.05) is 17.8 Å². The summed E-state index contributed by atoms with van der Waals surface area (Å²) in [5.74, 6) is 0.190. The van der Waals surface area contributed by atoms with Crippen molar-refractivity contribution in [3.63, 3.8) is 0 Å². The Labute approximate surface area is 99.6 Å². The third-order valence-corrected chi connectivity index (χ3v) is 3.58. The molecular formula is C11H20F3NS. The summed E-state index contributed by atoms with van der Waals surface area (Å²) < 4.78 is 35.9. The second-order valence-corrected chi connectivity index (χ2v) is 6.81. The molecule has 0 bridgehead atoms. The van der Waals surface area contributed by atoms with E-state index in [9.17, 15) is 13.2 Å². The molecule has 0 aromatic rings. The summed E-state index contributed by atoms with van der Waals surface area (Å²) in [7, 11) is 0. The summed E-state index contributed by atoms with van der Waals surface area (Å²) in [5.41, 5.74) is -3.88. The molecule has 0 aromatic heterocycles. The Morgan fingerprint density at radius 3 is 2.12 bits per heavy atom. The lowest BCUT2D eigenvalue weighted by atomic mass is 10.0. The normalized spacial score (nSPS) is 19.9. The molecule has 0 heterocycles. The van der Waals surface area contributed by atoms with Crippen molar-refractivity contribution in [1.82, 2.24) is 5.32 Å². The van der Waals surface area contributed by atoms with Crippen molar-refractivity contribution in [3.8, 4) is 0 Å². The first-order valence-electron chi connectivity index (χ1n) is 5.58. The lowest BCUT2D eigenvalue weighted by Gasteiger charge is -2.25. The molecule has 16 heavy (non-hydrogen) atoms. The molecule has 1 saturated carbocycles. The average molecular weight is 255 g/mol. The van der Waals surface area contributed by atoms with Crippen molar-refractivity contribution in [2.45, 2.75) is 51.1 Å². The van der Waals surface area contributed by atoms with Gasteiger partial charge in [-0.3, -0.25) is 0 Å². The summed E-state index contributed by atoms with van der Waals surface area (Å²) in [6.07, 6.45) is 2.79. The van der Waals surface area contributed by atoms with Gasteiger partial charge >= 0.3 is 5.51 Å². The number of nitrogens with one attached hydrogen (secondary N) is 1. The van der Waals surface area contributed by atoms with E-state index in [-0.39, 0.29) is 28.5 Å². The number of alkyl halides is 3. The van der Waals surface area contributed by atoms with Gasteiger partial charge in [-0.25, -0.2) is 0 Å². The summed E-state index contributed by atoms with van der Waals surface area (Å²) >= 11 is 0.106. The molecule has 1 aliphatic rings. The van der Waals surface area contributed by atoms with Crippen molar-refractivity contribution in [1.29, 1.82) is 0 Å². The summed E-state index contributed by atoms with van der Waals surface area (Å²) in [6.45, 7) is 7.07. The average Bonchev–Trinajstić information content (AvgIpc) is 2.79. The molecule has 0 unspecified atom stereocenters. The maximum Gasteiger partial charge on any atom is 0.441 e. The van der Waals surface area contributed by atoms with E-state index in [0.717, 1.165) is 19.4 Å². The van der Waals surface area contributed by atoms with Crippen LogP contribution in [0, 0.1) is 5.41 Å². The van der Waals surface area contributed by atoms with E-state index in [1.54, 1.807) is 0 Å². The summed E-state index contributed by atoms with van der Waals surface area (Å²) in [4.78, 5) is 0. The van der Waals surface area contributed by atoms with Gasteiger partial charge in [0.1, 0.15) is 0 Å². The van der Waals surface area contributed by atoms with Crippen LogP contribution in [-0.2, 0) is 0 Å². The first-order valence-corrected chi connectivity index (χ1v) is 6.56. The fourth-order valence-corrected chi connectivity index (χ4v) is 2.29. The second-order valence-electron chi connectivity index (χ2n) is 5.65. The van der Waals surface area contributed by atoms with E-state index in [4.69, 9.17) is 0 Å². The highest BCUT2D eigenvalue weighted by molar-refractivity contribution is 8.00. The van der Waals surface area contributed by atoms with Crippen LogP contribution in [0.2, 0.25) is 0 Å². The van der Waals surface area contributed by atoms with Crippen molar-refractivity contribution in [2.24, 2.45) is 5.41 Å². The first kappa shape index (κ1) is 14.2. The van der Waals surface area contributed by atoms with Crippen LogP contribution in [0.5, 0.6) is 0 Å². The predicted octanol–water partition coefficient (Wildman–Crippen LogP) is 3.80. The molecule has 0 spiro atoms. The van der Waals surface area contributed by atoms with E-state index in [1.165, 1.54) is 0 Å². The Bertz CT molecular complexity index is 228. The van der Waals surface area contributed by atoms with Crippen LogP contribution in [0.3, 0.4) is 0 Å². The van der Waals surface area contributed by atoms with Gasteiger partial charge in [0.2, 0.25) is 0 Å². The van der Waals surface area contributed by atoms with Crippen LogP contribution in [-0.4, -0.2) is 23.3 Å². The van der Waals surface area contributed by atoms with Crippen LogP contribution in [0.4, 0.5) is 13.2 Å². The van der Waals surface area contributed by atoms with Crippen LogP contribution in [0.1, 0.15) is 40.0 Å². The van der Waals surface area contributed by atoms with Gasteiger partial charge in [-0.1, -0.05) is 11.8 Å². The molecule has 1 nitrogen and oxygen atoms in total. The Morgan fingerprint density at radius 2 is 1.75 bits per heavy atom. The molecule has 1 rings (SSSR count). The number of thioether (sulfide) groups is 1. The number of halogens is 3. The molecular weight excluding hydrogens is 235 g/mol. The van der Waals surface area contributed by atoms with Gasteiger partial charge in [-0.15, -0.1) is 0 Å². The van der Waals surface area contributed by atoms with Crippen molar-refractivity contribution in [2.75, 3.05) is 12.3 Å². The van der Waals surface area contributed by atoms with Gasteiger partial charge < -0.3 is 5.32 Å². The minimum Gasteiger partial charge on any atom is -0.312 e. The highest BCUT2D eigenvalue weighted by Crippen LogP contribution is 2.50. The smallest absolute Gasteiger partial charge is 0.312 e. The number of hydrogen-bond acceptors (Lipinski definition) is 2. The minimum atomic E-state index is -4.08. The van der Waals surface area contributed by atoms with Crippen molar-refractivity contribution < 1.29 is 13.2 Å². The molecule has 0 aromatic carbocycles. The SMILES string of the molecule is CC(C)(C)NCC1(CCSC(F)(F)F)CC1. The highest BCUT2D eigenvalue weighted by Gasteiger charge is 2.43. The standard InChI is InChI=1S/C11H20F3NS/c1-9(2,3)15-8-10(4-5-10)6-7-16-11(12,13)14/h15H,4-8H2,1-3H3. The molecule has 0 amide bonds. The van der Waals surface area contributed by atoms with Gasteiger partial charge in [0.25, 0.3) is 0 Å². The fourth-order valence-electron chi connectivity index (χ4n) is 1.53. The van der Waals surface area contributed by atoms with Gasteiger partial charge in [-0.2, -0.15) is 13.2 Å². The first-order chi connectivity index (χ1) is 7.12. The highest BCUT2D eigenvalue weighted by atomic mass is 32.2. The lowest BCUT2D eigenvalue weighted by molar-refractivity contribution is -0.0328. The molecule has 1 fully saturated rings. The summed E-state index contributed by atoms with van der Waals surface area (Å²) in [5, 5.41) is 3.38. The predicted molar refractivity (Wildman–Crippen MR) is 62.6 cm³/mol. The fraction of sp³-hybridized carbons (Fsp3) is 1.00. The summed E-state index contributed by atoms with van der Waals surface area (Å²) in [6, 6.07) is 0. The van der Waals surface area contributed by atoms with Crippen molar-refractivity contribution in [3.05, 3.63) is 0 Å². The Balaban J connectivity index is 2.21. The largest absolute Gasteiger partial charge is 0.441 e. The minimum absolute atomic E-state index is 0.0484. The van der Waals surface area contributed by atoms with E-state index in [2.05, 4.69) is 26.1 Å². The molecule has 0 atom stereocenters. The van der Waals surface area contributed by atoms with Gasteiger partial charge in [-0.05, 0) is 45.4 Å². The maximum absolute atomic E-state index is 12.0. The molecule has 1 N–H and O–H groups in total. The zero-order valence-electron chi connectivity index (χ0n) is 10.1. The maximum atomic E-state index is 12.0. The second kappa shape index (κ2) is 4.77. The van der Waals surface area contributed by atoms with Gasteiger partial charge in [0.15, 0.2) is 0 Å². The van der Waals surface area contributed by atoms with Crippen LogP contribution < -0.4 is 5.32 Å². The number of hydrogen-bond donors (Lipinski definition) is 1. The van der Waals surface area contributed by atoms with Gasteiger partial charge in [0.05, 0.1) is 0 Å². The van der Waals surface area contributed by atoms with Crippen LogP contribution in [0.25, 0.3) is 0 Å². The lowest BCUT2D eigenvalue weighted by Crippen LogP contribution is -2.39. The molecule has 5 heteroatoms. The van der Waals surface area contributed by atoms with E-state index >= 15 is 0 Å². The zero-order chi connectivity index (χ0) is 12.4. The third-order valence-electron chi connectivity index (χ3n) is 2.85. The molecule has 96 valence electrons. The zero-order valence-corrected chi connectivity index (χ0v) is 10.9. The molecule has 0 radical (unpaired) electrons. The topological polar surface area (TPSA) is 12.0 Å². The molecule has 0 saturated heterocycles. The Kier molecular flexibility index (Phi) is 4.22. The van der Waals surface area contributed by atoms with E-state index < -0.39 is 5.51 Å². The quantitative estimate of drug-likeness (QED) is 0.802. The van der Waals surface area contributed by atoms with Crippen molar-refractivity contribution >= 4 is 11.8 Å². The van der Waals surface area contributed by atoms with E-state index in [1.807, 2.05) is 0 Å². The molecule has 0 aliphatic heterocycles. The Morgan fingerprint density at radius 1 is 1.19 bits per heavy atom.